The maximum absolute atomic E-state index is 12.7. The highest BCUT2D eigenvalue weighted by molar-refractivity contribution is 5.62. The van der Waals surface area contributed by atoms with Crippen molar-refractivity contribution in [3.63, 3.8) is 0 Å². The zero-order valence-electron chi connectivity index (χ0n) is 10.9. The van der Waals surface area contributed by atoms with Crippen molar-refractivity contribution in [1.82, 2.24) is 10.1 Å². The number of nitrogen functional groups attached to an aromatic ring is 1. The fourth-order valence-electron chi connectivity index (χ4n) is 1.57. The van der Waals surface area contributed by atoms with E-state index in [0.717, 1.165) is 12.1 Å². The first-order valence-electron chi connectivity index (χ1n) is 5.84. The first kappa shape index (κ1) is 14.2. The molecule has 1 heterocycles. The Kier molecular flexibility index (Phi) is 3.56. The highest BCUT2D eigenvalue weighted by atomic mass is 19.4. The van der Waals surface area contributed by atoms with Crippen molar-refractivity contribution in [2.75, 3.05) is 24.2 Å². The van der Waals surface area contributed by atoms with Crippen molar-refractivity contribution in [1.29, 1.82) is 0 Å². The number of benzene rings is 1. The number of hydrogen-bond acceptors (Lipinski definition) is 5. The topological polar surface area (TPSA) is 68.2 Å². The van der Waals surface area contributed by atoms with E-state index in [2.05, 4.69) is 10.1 Å². The molecule has 0 atom stereocenters. The van der Waals surface area contributed by atoms with E-state index in [1.807, 2.05) is 6.92 Å². The van der Waals surface area contributed by atoms with Gasteiger partial charge in [0.05, 0.1) is 5.56 Å². The molecule has 2 aromatic rings. The second-order valence-electron chi connectivity index (χ2n) is 4.26. The van der Waals surface area contributed by atoms with E-state index in [1.165, 1.54) is 6.07 Å². The van der Waals surface area contributed by atoms with E-state index in [-0.39, 0.29) is 17.1 Å². The zero-order chi connectivity index (χ0) is 14.9. The highest BCUT2D eigenvalue weighted by Crippen LogP contribution is 2.34. The molecule has 0 amide bonds. The molecular formula is C12H13F3N4O. The summed E-state index contributed by atoms with van der Waals surface area (Å²) in [5.41, 5.74) is 4.76. The Bertz CT molecular complexity index is 609. The van der Waals surface area contributed by atoms with Crippen LogP contribution in [0.3, 0.4) is 0 Å². The number of halogens is 3. The summed E-state index contributed by atoms with van der Waals surface area (Å²) in [5, 5.41) is 3.70. The molecule has 8 heteroatoms. The van der Waals surface area contributed by atoms with Gasteiger partial charge in [0.2, 0.25) is 0 Å². The zero-order valence-corrected chi connectivity index (χ0v) is 10.9. The molecule has 108 valence electrons. The maximum Gasteiger partial charge on any atom is 0.416 e. The smallest absolute Gasteiger partial charge is 0.399 e. The Labute approximate surface area is 113 Å². The molecule has 1 aromatic heterocycles. The Morgan fingerprint density at radius 3 is 2.60 bits per heavy atom. The molecular weight excluding hydrogens is 273 g/mol. The Morgan fingerprint density at radius 1 is 1.30 bits per heavy atom. The van der Waals surface area contributed by atoms with Crippen LogP contribution in [0.5, 0.6) is 0 Å². The minimum Gasteiger partial charge on any atom is -0.399 e. The third-order valence-corrected chi connectivity index (χ3v) is 2.76. The molecule has 0 aliphatic rings. The van der Waals surface area contributed by atoms with Gasteiger partial charge in [-0.15, -0.1) is 0 Å². The van der Waals surface area contributed by atoms with Gasteiger partial charge >= 0.3 is 6.18 Å². The van der Waals surface area contributed by atoms with Crippen LogP contribution in [0.25, 0.3) is 11.5 Å². The van der Waals surface area contributed by atoms with Gasteiger partial charge in [0.15, 0.2) is 0 Å². The van der Waals surface area contributed by atoms with Crippen LogP contribution >= 0.6 is 0 Å². The molecule has 0 spiro atoms. The Hall–Kier alpha value is -2.25. The number of rotatable bonds is 3. The molecule has 0 saturated heterocycles. The summed E-state index contributed by atoms with van der Waals surface area (Å²) >= 11 is 0. The molecule has 2 rings (SSSR count). The molecule has 0 unspecified atom stereocenters. The lowest BCUT2D eigenvalue weighted by molar-refractivity contribution is -0.137. The number of alkyl halides is 3. The van der Waals surface area contributed by atoms with E-state index >= 15 is 0 Å². The van der Waals surface area contributed by atoms with Crippen LogP contribution in [-0.2, 0) is 6.18 Å². The SMILES string of the molecule is CCN(C)c1noc(-c2cc(N)cc(C(F)(F)F)c2)n1. The Morgan fingerprint density at radius 2 is 2.00 bits per heavy atom. The first-order chi connectivity index (χ1) is 9.31. The lowest BCUT2D eigenvalue weighted by atomic mass is 10.1. The molecule has 5 nitrogen and oxygen atoms in total. The number of anilines is 2. The van der Waals surface area contributed by atoms with Crippen molar-refractivity contribution < 1.29 is 17.7 Å². The predicted octanol–water partition coefficient (Wildman–Crippen LogP) is 2.79. The quantitative estimate of drug-likeness (QED) is 0.879. The van der Waals surface area contributed by atoms with Crippen LogP contribution in [-0.4, -0.2) is 23.7 Å². The standard InChI is InChI=1S/C12H13F3N4O/c1-3-19(2)11-17-10(20-18-11)7-4-8(12(13,14)15)6-9(16)5-7/h4-6H,3,16H2,1-2H3. The lowest BCUT2D eigenvalue weighted by Gasteiger charge is -2.09. The third kappa shape index (κ3) is 2.84. The normalized spacial score (nSPS) is 11.7. The van der Waals surface area contributed by atoms with E-state index < -0.39 is 11.7 Å². The summed E-state index contributed by atoms with van der Waals surface area (Å²) in [6.45, 7) is 2.53. The molecule has 0 saturated carbocycles. The minimum absolute atomic E-state index is 0.00176. The third-order valence-electron chi connectivity index (χ3n) is 2.76. The van der Waals surface area contributed by atoms with Gasteiger partial charge in [-0.3, -0.25) is 0 Å². The van der Waals surface area contributed by atoms with Crippen molar-refractivity contribution in [3.8, 4) is 11.5 Å². The van der Waals surface area contributed by atoms with Crippen molar-refractivity contribution >= 4 is 11.6 Å². The molecule has 0 aliphatic heterocycles. The van der Waals surface area contributed by atoms with Crippen LogP contribution in [0.15, 0.2) is 22.7 Å². The average Bonchev–Trinajstić information content (AvgIpc) is 2.85. The molecule has 2 N–H and O–H groups in total. The van der Waals surface area contributed by atoms with Crippen LogP contribution in [0.4, 0.5) is 24.8 Å². The van der Waals surface area contributed by atoms with Gasteiger partial charge in [-0.05, 0) is 30.3 Å². The summed E-state index contributed by atoms with van der Waals surface area (Å²) < 4.78 is 43.1. The minimum atomic E-state index is -4.48. The van der Waals surface area contributed by atoms with Crippen LogP contribution in [0.2, 0.25) is 0 Å². The molecule has 1 aromatic carbocycles. The Balaban J connectivity index is 2.42. The van der Waals surface area contributed by atoms with Crippen molar-refractivity contribution in [2.24, 2.45) is 0 Å². The van der Waals surface area contributed by atoms with Gasteiger partial charge < -0.3 is 15.2 Å². The molecule has 0 radical (unpaired) electrons. The molecule has 20 heavy (non-hydrogen) atoms. The summed E-state index contributed by atoms with van der Waals surface area (Å²) in [6.07, 6.45) is -4.48. The van der Waals surface area contributed by atoms with Gasteiger partial charge in [-0.2, -0.15) is 18.2 Å². The molecule has 0 bridgehead atoms. The van der Waals surface area contributed by atoms with Crippen LogP contribution < -0.4 is 10.6 Å². The largest absolute Gasteiger partial charge is 0.416 e. The van der Waals surface area contributed by atoms with Crippen molar-refractivity contribution in [3.05, 3.63) is 23.8 Å². The van der Waals surface area contributed by atoms with E-state index in [1.54, 1.807) is 11.9 Å². The second kappa shape index (κ2) is 5.03. The fourth-order valence-corrected chi connectivity index (χ4v) is 1.57. The molecule has 0 aliphatic carbocycles. The summed E-state index contributed by atoms with van der Waals surface area (Å²) in [6, 6.07) is 3.15. The number of hydrogen-bond donors (Lipinski definition) is 1. The van der Waals surface area contributed by atoms with E-state index in [4.69, 9.17) is 10.3 Å². The number of nitrogens with two attached hydrogens (primary N) is 1. The monoisotopic (exact) mass is 286 g/mol. The average molecular weight is 286 g/mol. The van der Waals surface area contributed by atoms with Gasteiger partial charge in [0.25, 0.3) is 11.8 Å². The number of nitrogens with zero attached hydrogens (tertiary/aromatic N) is 3. The summed E-state index contributed by atoms with van der Waals surface area (Å²) in [5.74, 6) is 0.302. The summed E-state index contributed by atoms with van der Waals surface area (Å²) in [7, 11) is 1.75. The van der Waals surface area contributed by atoms with Gasteiger partial charge in [-0.1, -0.05) is 0 Å². The predicted molar refractivity (Wildman–Crippen MR) is 68.1 cm³/mol. The first-order valence-corrected chi connectivity index (χ1v) is 5.84. The second-order valence-corrected chi connectivity index (χ2v) is 4.26. The van der Waals surface area contributed by atoms with Crippen LogP contribution in [0, 0.1) is 0 Å². The van der Waals surface area contributed by atoms with Gasteiger partial charge in [0.1, 0.15) is 0 Å². The summed E-state index contributed by atoms with van der Waals surface area (Å²) in [4.78, 5) is 5.74. The van der Waals surface area contributed by atoms with Crippen LogP contribution in [0.1, 0.15) is 12.5 Å². The fraction of sp³-hybridized carbons (Fsp3) is 0.333. The van der Waals surface area contributed by atoms with Gasteiger partial charge in [-0.25, -0.2) is 0 Å². The van der Waals surface area contributed by atoms with E-state index in [0.29, 0.717) is 12.5 Å². The number of aromatic nitrogens is 2. The van der Waals surface area contributed by atoms with Crippen molar-refractivity contribution in [2.45, 2.75) is 13.1 Å². The lowest BCUT2D eigenvalue weighted by Crippen LogP contribution is -2.16. The molecule has 0 fully saturated rings. The highest BCUT2D eigenvalue weighted by Gasteiger charge is 2.31. The maximum atomic E-state index is 12.7. The van der Waals surface area contributed by atoms with Gasteiger partial charge in [0, 0.05) is 24.8 Å². The van der Waals surface area contributed by atoms with E-state index in [9.17, 15) is 13.2 Å².